The molecule has 0 aromatic carbocycles. The molecule has 6 heteroatoms. The Labute approximate surface area is 84.1 Å². The number of Topliss-reactive ketones (excluding diaryl/α,β-unsaturated/α-hetero) is 1. The van der Waals surface area contributed by atoms with Crippen LogP contribution in [0.25, 0.3) is 0 Å². The molecule has 0 aliphatic rings. The molecule has 0 N–H and O–H groups in total. The summed E-state index contributed by atoms with van der Waals surface area (Å²) in [7, 11) is 0. The molecule has 0 fully saturated rings. The van der Waals surface area contributed by atoms with E-state index in [-0.39, 0.29) is 22.4 Å². The second-order valence-corrected chi connectivity index (χ2v) is 3.26. The molecule has 0 spiro atoms. The Morgan fingerprint density at radius 1 is 1.62 bits per heavy atom. The monoisotopic (exact) mass is 220 g/mol. The first-order chi connectivity index (χ1) is 6.02. The molecule has 0 aliphatic carbocycles. The molecule has 0 aliphatic heterocycles. The Hall–Kier alpha value is -0.870. The second-order valence-electron chi connectivity index (χ2n) is 2.47. The quantitative estimate of drug-likeness (QED) is 0.752. The largest absolute Gasteiger partial charge is 0.298 e. The minimum absolute atomic E-state index is 0.0876. The van der Waals surface area contributed by atoms with E-state index in [0.717, 1.165) is 4.68 Å². The molecule has 4 nitrogen and oxygen atoms in total. The molecule has 0 atom stereocenters. The number of nitrogens with zero attached hydrogens (tertiary/aromatic N) is 2. The summed E-state index contributed by atoms with van der Waals surface area (Å²) >= 11 is 11.1. The van der Waals surface area contributed by atoms with Crippen LogP contribution >= 0.6 is 23.2 Å². The van der Waals surface area contributed by atoms with E-state index in [9.17, 15) is 9.59 Å². The highest BCUT2D eigenvalue weighted by atomic mass is 35.5. The lowest BCUT2D eigenvalue weighted by atomic mass is 10.4. The Balaban J connectivity index is 3.19. The SMILES string of the molecule is CC(=O)Cn1ncc(Cl)c(Cl)c1=O. The summed E-state index contributed by atoms with van der Waals surface area (Å²) in [6.45, 7) is 1.27. The van der Waals surface area contributed by atoms with Crippen LogP contribution in [0.15, 0.2) is 11.0 Å². The summed E-state index contributed by atoms with van der Waals surface area (Å²) < 4.78 is 0.969. The van der Waals surface area contributed by atoms with Gasteiger partial charge < -0.3 is 0 Å². The third-order valence-electron chi connectivity index (χ3n) is 1.31. The third-order valence-corrected chi connectivity index (χ3v) is 2.06. The van der Waals surface area contributed by atoms with Gasteiger partial charge in [0.2, 0.25) is 0 Å². The molecule has 1 heterocycles. The van der Waals surface area contributed by atoms with Gasteiger partial charge in [-0.15, -0.1) is 0 Å². The third kappa shape index (κ3) is 2.29. The zero-order valence-corrected chi connectivity index (χ0v) is 8.26. The van der Waals surface area contributed by atoms with E-state index >= 15 is 0 Å². The van der Waals surface area contributed by atoms with E-state index in [0.29, 0.717) is 0 Å². The maximum atomic E-state index is 11.3. The van der Waals surface area contributed by atoms with Gasteiger partial charge in [0.15, 0.2) is 5.78 Å². The molecule has 70 valence electrons. The molecular weight excluding hydrogens is 215 g/mol. The van der Waals surface area contributed by atoms with Crippen molar-refractivity contribution < 1.29 is 4.79 Å². The van der Waals surface area contributed by atoms with Crippen LogP contribution in [0.1, 0.15) is 6.92 Å². The summed E-state index contributed by atoms with van der Waals surface area (Å²) in [5.74, 6) is -0.173. The van der Waals surface area contributed by atoms with Gasteiger partial charge >= 0.3 is 0 Å². The van der Waals surface area contributed by atoms with Gasteiger partial charge in [0, 0.05) is 0 Å². The average molecular weight is 221 g/mol. The molecular formula is C7H6Cl2N2O2. The van der Waals surface area contributed by atoms with Crippen molar-refractivity contribution in [1.29, 1.82) is 0 Å². The lowest BCUT2D eigenvalue weighted by molar-refractivity contribution is -0.117. The predicted octanol–water partition coefficient (Wildman–Crippen LogP) is 1.14. The van der Waals surface area contributed by atoms with Crippen LogP contribution in [0.3, 0.4) is 0 Å². The van der Waals surface area contributed by atoms with Gasteiger partial charge in [0.25, 0.3) is 5.56 Å². The fourth-order valence-corrected chi connectivity index (χ4v) is 1.04. The van der Waals surface area contributed by atoms with Crippen molar-refractivity contribution in [3.05, 3.63) is 26.6 Å². The number of halogens is 2. The maximum Gasteiger partial charge on any atom is 0.287 e. The van der Waals surface area contributed by atoms with Crippen molar-refractivity contribution in [3.8, 4) is 0 Å². The molecule has 1 aromatic heterocycles. The molecule has 0 radical (unpaired) electrons. The molecule has 0 saturated carbocycles. The Bertz CT molecular complexity index is 400. The zero-order valence-electron chi connectivity index (χ0n) is 6.75. The van der Waals surface area contributed by atoms with E-state index in [1.54, 1.807) is 0 Å². The fraction of sp³-hybridized carbons (Fsp3) is 0.286. The summed E-state index contributed by atoms with van der Waals surface area (Å²) in [5, 5.41) is 3.62. The van der Waals surface area contributed by atoms with Gasteiger partial charge in [-0.05, 0) is 6.92 Å². The summed E-state index contributed by atoms with van der Waals surface area (Å²) in [6, 6.07) is 0. The van der Waals surface area contributed by atoms with Gasteiger partial charge in [-0.3, -0.25) is 9.59 Å². The van der Waals surface area contributed by atoms with E-state index in [4.69, 9.17) is 23.2 Å². The number of hydrogen-bond acceptors (Lipinski definition) is 3. The number of carbonyl (C=O) groups excluding carboxylic acids is 1. The second kappa shape index (κ2) is 3.89. The van der Waals surface area contributed by atoms with E-state index in [1.807, 2.05) is 0 Å². The lowest BCUT2D eigenvalue weighted by Crippen LogP contribution is -2.25. The van der Waals surface area contributed by atoms with Gasteiger partial charge in [-0.2, -0.15) is 5.10 Å². The Kier molecular flexibility index (Phi) is 3.06. The van der Waals surface area contributed by atoms with Crippen molar-refractivity contribution in [2.24, 2.45) is 0 Å². The first kappa shape index (κ1) is 10.2. The van der Waals surface area contributed by atoms with Crippen molar-refractivity contribution in [2.75, 3.05) is 0 Å². The van der Waals surface area contributed by atoms with Crippen LogP contribution in [0, 0.1) is 0 Å². The highest BCUT2D eigenvalue weighted by Gasteiger charge is 2.07. The molecule has 1 rings (SSSR count). The van der Waals surface area contributed by atoms with E-state index < -0.39 is 5.56 Å². The zero-order chi connectivity index (χ0) is 10.0. The fourth-order valence-electron chi connectivity index (χ4n) is 0.768. The maximum absolute atomic E-state index is 11.3. The van der Waals surface area contributed by atoms with Gasteiger partial charge in [-0.25, -0.2) is 4.68 Å². The minimum Gasteiger partial charge on any atom is -0.298 e. The van der Waals surface area contributed by atoms with Crippen LogP contribution in [0.5, 0.6) is 0 Å². The van der Waals surface area contributed by atoms with Gasteiger partial charge in [-0.1, -0.05) is 23.2 Å². The normalized spacial score (nSPS) is 10.1. The van der Waals surface area contributed by atoms with E-state index in [1.165, 1.54) is 13.1 Å². The molecule has 0 amide bonds. The lowest BCUT2D eigenvalue weighted by Gasteiger charge is -2.01. The smallest absolute Gasteiger partial charge is 0.287 e. The van der Waals surface area contributed by atoms with Crippen LogP contribution < -0.4 is 5.56 Å². The van der Waals surface area contributed by atoms with Gasteiger partial charge in [0.05, 0.1) is 11.2 Å². The number of hydrogen-bond donors (Lipinski definition) is 0. The predicted molar refractivity (Wildman–Crippen MR) is 49.2 cm³/mol. The minimum atomic E-state index is -0.552. The summed E-state index contributed by atoms with van der Waals surface area (Å²) in [5.41, 5.74) is -0.552. The number of ketones is 1. The molecule has 1 aromatic rings. The highest BCUT2D eigenvalue weighted by Crippen LogP contribution is 2.14. The van der Waals surface area contributed by atoms with Crippen LogP contribution in [0.4, 0.5) is 0 Å². The number of carbonyl (C=O) groups is 1. The first-order valence-electron chi connectivity index (χ1n) is 3.43. The van der Waals surface area contributed by atoms with Crippen LogP contribution in [0.2, 0.25) is 10.0 Å². The average Bonchev–Trinajstić information content (AvgIpc) is 2.06. The molecule has 0 unspecified atom stereocenters. The highest BCUT2D eigenvalue weighted by molar-refractivity contribution is 6.41. The molecule has 0 bridgehead atoms. The van der Waals surface area contributed by atoms with Crippen LogP contribution in [-0.4, -0.2) is 15.6 Å². The Morgan fingerprint density at radius 2 is 2.23 bits per heavy atom. The molecule has 13 heavy (non-hydrogen) atoms. The first-order valence-corrected chi connectivity index (χ1v) is 4.18. The van der Waals surface area contributed by atoms with Crippen LogP contribution in [-0.2, 0) is 11.3 Å². The number of rotatable bonds is 2. The van der Waals surface area contributed by atoms with Gasteiger partial charge in [0.1, 0.15) is 11.6 Å². The topological polar surface area (TPSA) is 52.0 Å². The Morgan fingerprint density at radius 3 is 2.77 bits per heavy atom. The van der Waals surface area contributed by atoms with Crippen molar-refractivity contribution >= 4 is 29.0 Å². The standard InChI is InChI=1S/C7H6Cl2N2O2/c1-4(12)3-11-7(13)6(9)5(8)2-10-11/h2H,3H2,1H3. The van der Waals surface area contributed by atoms with E-state index in [2.05, 4.69) is 5.10 Å². The summed E-state index contributed by atoms with van der Waals surface area (Å²) in [6.07, 6.45) is 1.23. The molecule has 0 saturated heterocycles. The number of aromatic nitrogens is 2. The van der Waals surface area contributed by atoms with Crippen molar-refractivity contribution in [3.63, 3.8) is 0 Å². The van der Waals surface area contributed by atoms with Crippen molar-refractivity contribution in [2.45, 2.75) is 13.5 Å². The van der Waals surface area contributed by atoms with Crippen molar-refractivity contribution in [1.82, 2.24) is 9.78 Å². The summed E-state index contributed by atoms with van der Waals surface area (Å²) in [4.78, 5) is 21.9.